The van der Waals surface area contributed by atoms with E-state index >= 15 is 0 Å². The molecule has 1 amide bonds. The molecule has 0 fully saturated rings. The van der Waals surface area contributed by atoms with E-state index in [-0.39, 0.29) is 36.3 Å². The number of sulfonamides is 1. The predicted molar refractivity (Wildman–Crippen MR) is 105 cm³/mol. The number of halogens is 1. The van der Waals surface area contributed by atoms with Crippen molar-refractivity contribution in [3.05, 3.63) is 65.0 Å². The molecule has 0 unspecified atom stereocenters. The maximum Gasteiger partial charge on any atom is 0.254 e. The Bertz CT molecular complexity index is 932. The monoisotopic (exact) mass is 408 g/mol. The fourth-order valence-electron chi connectivity index (χ4n) is 2.71. The lowest BCUT2D eigenvalue weighted by atomic mass is 10.1. The predicted octanol–water partition coefficient (Wildman–Crippen LogP) is 2.72. The lowest BCUT2D eigenvalue weighted by Gasteiger charge is -2.22. The number of amides is 1. The molecule has 152 valence electrons. The third kappa shape index (κ3) is 5.60. The molecule has 0 spiro atoms. The van der Waals surface area contributed by atoms with Gasteiger partial charge in [0.25, 0.3) is 5.91 Å². The molecule has 0 aliphatic carbocycles. The van der Waals surface area contributed by atoms with Crippen LogP contribution in [0.15, 0.2) is 47.4 Å². The topological polar surface area (TPSA) is 75.7 Å². The number of aryl methyl sites for hydroxylation is 1. The van der Waals surface area contributed by atoms with Gasteiger partial charge in [-0.15, -0.1) is 0 Å². The quantitative estimate of drug-likeness (QED) is 0.648. The van der Waals surface area contributed by atoms with Crippen LogP contribution < -0.4 is 4.72 Å². The number of hydrogen-bond acceptors (Lipinski definition) is 4. The van der Waals surface area contributed by atoms with Gasteiger partial charge < -0.3 is 9.64 Å². The first kappa shape index (κ1) is 22.0. The molecule has 0 radical (unpaired) electrons. The number of ether oxygens (including phenoxy) is 1. The van der Waals surface area contributed by atoms with E-state index in [1.54, 1.807) is 30.0 Å². The van der Waals surface area contributed by atoms with Crippen molar-refractivity contribution in [3.8, 4) is 0 Å². The Morgan fingerprint density at radius 2 is 1.96 bits per heavy atom. The van der Waals surface area contributed by atoms with Crippen LogP contribution in [0.5, 0.6) is 0 Å². The standard InChI is InChI=1S/C20H25FN2O4S/c1-4-23(14-16-6-5-7-17(21)12-16)20(24)19-13-18(9-8-15(19)2)28(25,26)22-10-11-27-3/h5-9,12-13,22H,4,10-11,14H2,1-3H3. The minimum absolute atomic E-state index is 0.0133. The summed E-state index contributed by atoms with van der Waals surface area (Å²) in [7, 11) is -2.27. The molecule has 2 aromatic carbocycles. The number of hydrogen-bond donors (Lipinski definition) is 1. The summed E-state index contributed by atoms with van der Waals surface area (Å²) >= 11 is 0. The highest BCUT2D eigenvalue weighted by Crippen LogP contribution is 2.19. The molecular formula is C20H25FN2O4S. The number of carbonyl (C=O) groups excluding carboxylic acids is 1. The molecule has 28 heavy (non-hydrogen) atoms. The van der Waals surface area contributed by atoms with Crippen LogP contribution in [-0.4, -0.2) is 46.0 Å². The van der Waals surface area contributed by atoms with Crippen molar-refractivity contribution >= 4 is 15.9 Å². The Balaban J connectivity index is 2.28. The van der Waals surface area contributed by atoms with E-state index in [0.717, 1.165) is 0 Å². The average Bonchev–Trinajstić information content (AvgIpc) is 2.66. The maximum absolute atomic E-state index is 13.4. The summed E-state index contributed by atoms with van der Waals surface area (Å²) in [6, 6.07) is 10.5. The van der Waals surface area contributed by atoms with Gasteiger partial charge in [-0.05, 0) is 49.2 Å². The fraction of sp³-hybridized carbons (Fsp3) is 0.350. The molecule has 2 rings (SSSR count). The molecule has 6 nitrogen and oxygen atoms in total. The highest BCUT2D eigenvalue weighted by molar-refractivity contribution is 7.89. The summed E-state index contributed by atoms with van der Waals surface area (Å²) in [5.41, 5.74) is 1.63. The maximum atomic E-state index is 13.4. The first-order valence-corrected chi connectivity index (χ1v) is 10.4. The first-order valence-electron chi connectivity index (χ1n) is 8.91. The van der Waals surface area contributed by atoms with Gasteiger partial charge in [-0.2, -0.15) is 0 Å². The molecule has 0 aliphatic rings. The number of methoxy groups -OCH3 is 1. The lowest BCUT2D eigenvalue weighted by molar-refractivity contribution is 0.0751. The minimum atomic E-state index is -3.75. The van der Waals surface area contributed by atoms with Crippen molar-refractivity contribution in [3.63, 3.8) is 0 Å². The fourth-order valence-corrected chi connectivity index (χ4v) is 3.75. The van der Waals surface area contributed by atoms with E-state index in [2.05, 4.69) is 4.72 Å². The van der Waals surface area contributed by atoms with Gasteiger partial charge in [0, 0.05) is 32.3 Å². The van der Waals surface area contributed by atoms with Crippen LogP contribution in [0.4, 0.5) is 4.39 Å². The first-order chi connectivity index (χ1) is 13.3. The van der Waals surface area contributed by atoms with Crippen LogP contribution >= 0.6 is 0 Å². The SMILES string of the molecule is CCN(Cc1cccc(F)c1)C(=O)c1cc(S(=O)(=O)NCCOC)ccc1C. The second-order valence-electron chi connectivity index (χ2n) is 6.32. The normalized spacial score (nSPS) is 11.4. The van der Waals surface area contributed by atoms with Crippen molar-refractivity contribution in [1.82, 2.24) is 9.62 Å². The second-order valence-corrected chi connectivity index (χ2v) is 8.08. The number of carbonyl (C=O) groups is 1. The molecule has 0 heterocycles. The van der Waals surface area contributed by atoms with Crippen molar-refractivity contribution < 1.29 is 22.3 Å². The van der Waals surface area contributed by atoms with Crippen molar-refractivity contribution in [1.29, 1.82) is 0 Å². The zero-order valence-electron chi connectivity index (χ0n) is 16.2. The molecule has 2 aromatic rings. The van der Waals surface area contributed by atoms with Gasteiger partial charge in [0.2, 0.25) is 10.0 Å². The molecule has 0 saturated carbocycles. The summed E-state index contributed by atoms with van der Waals surface area (Å²) in [4.78, 5) is 14.6. The van der Waals surface area contributed by atoms with Crippen molar-refractivity contribution in [2.75, 3.05) is 26.8 Å². The number of nitrogens with zero attached hydrogens (tertiary/aromatic N) is 1. The van der Waals surface area contributed by atoms with Crippen LogP contribution in [0.3, 0.4) is 0 Å². The molecule has 0 bridgehead atoms. The van der Waals surface area contributed by atoms with E-state index < -0.39 is 10.0 Å². The number of benzene rings is 2. The highest BCUT2D eigenvalue weighted by atomic mass is 32.2. The van der Waals surface area contributed by atoms with Gasteiger partial charge in [0.15, 0.2) is 0 Å². The van der Waals surface area contributed by atoms with Crippen LogP contribution in [0, 0.1) is 12.7 Å². The van der Waals surface area contributed by atoms with Gasteiger partial charge >= 0.3 is 0 Å². The van der Waals surface area contributed by atoms with Crippen LogP contribution in [0.2, 0.25) is 0 Å². The zero-order chi connectivity index (χ0) is 20.7. The summed E-state index contributed by atoms with van der Waals surface area (Å²) < 4.78 is 45.6. The molecule has 0 atom stereocenters. The van der Waals surface area contributed by atoms with E-state index in [1.165, 1.54) is 31.4 Å². The minimum Gasteiger partial charge on any atom is -0.383 e. The second kappa shape index (κ2) is 9.77. The largest absolute Gasteiger partial charge is 0.383 e. The van der Waals surface area contributed by atoms with Gasteiger partial charge in [0.05, 0.1) is 11.5 Å². The summed E-state index contributed by atoms with van der Waals surface area (Å²) in [6.07, 6.45) is 0. The third-order valence-corrected chi connectivity index (χ3v) is 5.74. The molecule has 0 aromatic heterocycles. The Hall–Kier alpha value is -2.29. The summed E-state index contributed by atoms with van der Waals surface area (Å²) in [5.74, 6) is -0.675. The molecule has 1 N–H and O–H groups in total. The number of rotatable bonds is 9. The smallest absolute Gasteiger partial charge is 0.254 e. The Labute approximate surface area is 165 Å². The van der Waals surface area contributed by atoms with E-state index in [4.69, 9.17) is 4.74 Å². The average molecular weight is 408 g/mol. The van der Waals surface area contributed by atoms with Gasteiger partial charge in [-0.25, -0.2) is 17.5 Å². The van der Waals surface area contributed by atoms with Gasteiger partial charge in [-0.1, -0.05) is 18.2 Å². The van der Waals surface area contributed by atoms with E-state index in [1.807, 2.05) is 6.92 Å². The molecular weight excluding hydrogens is 383 g/mol. The lowest BCUT2D eigenvalue weighted by Crippen LogP contribution is -2.31. The third-order valence-electron chi connectivity index (χ3n) is 4.28. The number of nitrogens with one attached hydrogen (secondary N) is 1. The molecule has 0 aliphatic heterocycles. The van der Waals surface area contributed by atoms with Gasteiger partial charge in [-0.3, -0.25) is 4.79 Å². The highest BCUT2D eigenvalue weighted by Gasteiger charge is 2.21. The van der Waals surface area contributed by atoms with Crippen molar-refractivity contribution in [2.45, 2.75) is 25.3 Å². The molecule has 0 saturated heterocycles. The summed E-state index contributed by atoms with van der Waals surface area (Å²) in [5, 5.41) is 0. The van der Waals surface area contributed by atoms with Gasteiger partial charge in [0.1, 0.15) is 5.82 Å². The van der Waals surface area contributed by atoms with E-state index in [0.29, 0.717) is 23.2 Å². The van der Waals surface area contributed by atoms with Crippen LogP contribution in [0.25, 0.3) is 0 Å². The Morgan fingerprint density at radius 3 is 2.61 bits per heavy atom. The van der Waals surface area contributed by atoms with Crippen LogP contribution in [-0.2, 0) is 21.3 Å². The zero-order valence-corrected chi connectivity index (χ0v) is 17.1. The van der Waals surface area contributed by atoms with E-state index in [9.17, 15) is 17.6 Å². The Morgan fingerprint density at radius 1 is 1.21 bits per heavy atom. The Kier molecular flexibility index (Phi) is 7.68. The molecule has 8 heteroatoms. The van der Waals surface area contributed by atoms with Crippen molar-refractivity contribution in [2.24, 2.45) is 0 Å². The van der Waals surface area contributed by atoms with Crippen LogP contribution in [0.1, 0.15) is 28.4 Å². The summed E-state index contributed by atoms with van der Waals surface area (Å²) in [6.45, 7) is 4.58.